The lowest BCUT2D eigenvalue weighted by molar-refractivity contribution is 0.104. The zero-order chi connectivity index (χ0) is 17.8. The largest absolute Gasteiger partial charge is 0.493 e. The van der Waals surface area contributed by atoms with Gasteiger partial charge in [0.15, 0.2) is 17.3 Å². The third kappa shape index (κ3) is 3.35. The zero-order valence-electron chi connectivity index (χ0n) is 14.3. The molecule has 0 amide bonds. The molecule has 0 bridgehead atoms. The van der Waals surface area contributed by atoms with Gasteiger partial charge in [-0.05, 0) is 41.3 Å². The number of benzene rings is 2. The second-order valence-electron chi connectivity index (χ2n) is 5.44. The molecule has 1 aromatic heterocycles. The summed E-state index contributed by atoms with van der Waals surface area (Å²) in [5.41, 5.74) is 2.44. The third-order valence-corrected chi connectivity index (χ3v) is 3.96. The summed E-state index contributed by atoms with van der Waals surface area (Å²) in [7, 11) is 4.57. The second-order valence-corrected chi connectivity index (χ2v) is 5.44. The van der Waals surface area contributed by atoms with Crippen LogP contribution in [0.15, 0.2) is 48.7 Å². The summed E-state index contributed by atoms with van der Waals surface area (Å²) in [4.78, 5) is 15.7. The topological polar surface area (TPSA) is 60.6 Å². The van der Waals surface area contributed by atoms with Crippen LogP contribution in [-0.4, -0.2) is 32.1 Å². The monoisotopic (exact) mass is 337 g/mol. The zero-order valence-corrected chi connectivity index (χ0v) is 14.3. The third-order valence-electron chi connectivity index (χ3n) is 3.96. The van der Waals surface area contributed by atoms with Crippen molar-refractivity contribution in [2.75, 3.05) is 21.3 Å². The molecule has 0 radical (unpaired) electrons. The van der Waals surface area contributed by atoms with Gasteiger partial charge in [-0.3, -0.25) is 4.79 Å². The average Bonchev–Trinajstić information content (AvgIpc) is 3.12. The predicted octanol–water partition coefficient (Wildman–Crippen LogP) is 4.09. The highest BCUT2D eigenvalue weighted by atomic mass is 16.5. The number of rotatable bonds is 6. The number of ketones is 1. The Kier molecular flexibility index (Phi) is 4.75. The van der Waals surface area contributed by atoms with Crippen LogP contribution in [-0.2, 0) is 0 Å². The smallest absolute Gasteiger partial charge is 0.203 e. The molecule has 0 unspecified atom stereocenters. The SMILES string of the molecule is COc1cc(C(=O)/C=C/c2ccc3cc[nH]c3c2)cc(OC)c1OC. The van der Waals surface area contributed by atoms with Gasteiger partial charge in [0.2, 0.25) is 5.75 Å². The molecular weight excluding hydrogens is 318 g/mol. The molecule has 0 spiro atoms. The normalized spacial score (nSPS) is 11.0. The molecule has 3 rings (SSSR count). The standard InChI is InChI=1S/C20H19NO4/c1-23-18-11-15(12-19(24-2)20(18)25-3)17(22)7-5-13-4-6-14-8-9-21-16(14)10-13/h4-12,21H,1-3H3/b7-5+. The highest BCUT2D eigenvalue weighted by Crippen LogP contribution is 2.38. The fourth-order valence-electron chi connectivity index (χ4n) is 2.66. The number of carbonyl (C=O) groups is 1. The molecule has 0 aliphatic rings. The van der Waals surface area contributed by atoms with Crippen molar-refractivity contribution in [3.8, 4) is 17.2 Å². The van der Waals surface area contributed by atoms with Gasteiger partial charge >= 0.3 is 0 Å². The van der Waals surface area contributed by atoms with Crippen LogP contribution in [0.25, 0.3) is 17.0 Å². The van der Waals surface area contributed by atoms with Crippen LogP contribution in [0.1, 0.15) is 15.9 Å². The summed E-state index contributed by atoms with van der Waals surface area (Å²) >= 11 is 0. The Labute approximate surface area is 145 Å². The van der Waals surface area contributed by atoms with Gasteiger partial charge < -0.3 is 19.2 Å². The van der Waals surface area contributed by atoms with E-state index in [2.05, 4.69) is 4.98 Å². The molecule has 0 fully saturated rings. The van der Waals surface area contributed by atoms with Crippen LogP contribution in [0.4, 0.5) is 0 Å². The summed E-state index contributed by atoms with van der Waals surface area (Å²) in [6, 6.07) is 11.3. The van der Waals surface area contributed by atoms with E-state index in [9.17, 15) is 4.79 Å². The Morgan fingerprint density at radius 2 is 1.68 bits per heavy atom. The van der Waals surface area contributed by atoms with Crippen LogP contribution in [0, 0.1) is 0 Å². The first kappa shape index (κ1) is 16.6. The summed E-state index contributed by atoms with van der Waals surface area (Å²) < 4.78 is 15.8. The molecular formula is C20H19NO4. The van der Waals surface area contributed by atoms with E-state index in [-0.39, 0.29) is 5.78 Å². The second kappa shape index (κ2) is 7.13. The molecule has 25 heavy (non-hydrogen) atoms. The number of nitrogens with one attached hydrogen (secondary N) is 1. The van der Waals surface area contributed by atoms with E-state index in [1.165, 1.54) is 27.4 Å². The van der Waals surface area contributed by atoms with Crippen molar-refractivity contribution in [1.29, 1.82) is 0 Å². The van der Waals surface area contributed by atoms with Gasteiger partial charge in [-0.25, -0.2) is 0 Å². The molecule has 2 aromatic carbocycles. The average molecular weight is 337 g/mol. The number of H-pyrrole nitrogens is 1. The first-order valence-corrected chi connectivity index (χ1v) is 7.76. The lowest BCUT2D eigenvalue weighted by Crippen LogP contribution is -2.00. The highest BCUT2D eigenvalue weighted by molar-refractivity contribution is 6.07. The Balaban J connectivity index is 1.89. The molecule has 0 saturated heterocycles. The van der Waals surface area contributed by atoms with Crippen molar-refractivity contribution >= 4 is 22.8 Å². The van der Waals surface area contributed by atoms with E-state index >= 15 is 0 Å². The molecule has 0 atom stereocenters. The van der Waals surface area contributed by atoms with Crippen molar-refractivity contribution in [2.24, 2.45) is 0 Å². The quantitative estimate of drug-likeness (QED) is 0.544. The Hall–Kier alpha value is -3.21. The van der Waals surface area contributed by atoms with E-state index in [4.69, 9.17) is 14.2 Å². The van der Waals surface area contributed by atoms with Crippen LogP contribution in [0.3, 0.4) is 0 Å². The van der Waals surface area contributed by atoms with Gasteiger partial charge in [0.05, 0.1) is 21.3 Å². The molecule has 0 aliphatic carbocycles. The van der Waals surface area contributed by atoms with Gasteiger partial charge in [-0.2, -0.15) is 0 Å². The van der Waals surface area contributed by atoms with Crippen molar-refractivity contribution in [2.45, 2.75) is 0 Å². The van der Waals surface area contributed by atoms with Crippen molar-refractivity contribution in [3.63, 3.8) is 0 Å². The first-order chi connectivity index (χ1) is 12.2. The number of hydrogen-bond donors (Lipinski definition) is 1. The molecule has 3 aromatic rings. The molecule has 0 aliphatic heterocycles. The summed E-state index contributed by atoms with van der Waals surface area (Å²) in [5.74, 6) is 1.21. The van der Waals surface area contributed by atoms with Gasteiger partial charge in [0.25, 0.3) is 0 Å². The minimum absolute atomic E-state index is 0.147. The van der Waals surface area contributed by atoms with Crippen LogP contribution in [0.2, 0.25) is 0 Å². The maximum atomic E-state index is 12.5. The Bertz CT molecular complexity index is 915. The van der Waals surface area contributed by atoms with Gasteiger partial charge in [-0.15, -0.1) is 0 Å². The van der Waals surface area contributed by atoms with Crippen molar-refractivity contribution in [1.82, 2.24) is 4.98 Å². The van der Waals surface area contributed by atoms with Crippen LogP contribution < -0.4 is 14.2 Å². The van der Waals surface area contributed by atoms with E-state index in [0.717, 1.165) is 16.5 Å². The van der Waals surface area contributed by atoms with Gasteiger partial charge in [0, 0.05) is 17.3 Å². The number of allylic oxidation sites excluding steroid dienone is 1. The van der Waals surface area contributed by atoms with Gasteiger partial charge in [0.1, 0.15) is 0 Å². The minimum atomic E-state index is -0.147. The van der Waals surface area contributed by atoms with Crippen LogP contribution in [0.5, 0.6) is 17.2 Å². The maximum Gasteiger partial charge on any atom is 0.203 e. The Morgan fingerprint density at radius 3 is 2.32 bits per heavy atom. The van der Waals surface area contributed by atoms with Crippen molar-refractivity contribution < 1.29 is 19.0 Å². The molecule has 5 nitrogen and oxygen atoms in total. The first-order valence-electron chi connectivity index (χ1n) is 7.76. The highest BCUT2D eigenvalue weighted by Gasteiger charge is 2.15. The lowest BCUT2D eigenvalue weighted by Gasteiger charge is -2.13. The summed E-state index contributed by atoms with van der Waals surface area (Å²) in [6.45, 7) is 0. The summed E-state index contributed by atoms with van der Waals surface area (Å²) in [6.07, 6.45) is 5.20. The molecule has 0 saturated carbocycles. The fraction of sp³-hybridized carbons (Fsp3) is 0.150. The molecule has 5 heteroatoms. The fourth-order valence-corrected chi connectivity index (χ4v) is 2.66. The number of aromatic nitrogens is 1. The predicted molar refractivity (Wildman–Crippen MR) is 97.8 cm³/mol. The summed E-state index contributed by atoms with van der Waals surface area (Å²) in [5, 5.41) is 1.13. The molecule has 1 heterocycles. The number of carbonyl (C=O) groups excluding carboxylic acids is 1. The minimum Gasteiger partial charge on any atom is -0.493 e. The Morgan fingerprint density at radius 1 is 0.960 bits per heavy atom. The molecule has 128 valence electrons. The number of aromatic amines is 1. The van der Waals surface area contributed by atoms with E-state index in [1.54, 1.807) is 18.2 Å². The number of methoxy groups -OCH3 is 3. The number of ether oxygens (including phenoxy) is 3. The van der Waals surface area contributed by atoms with Crippen LogP contribution >= 0.6 is 0 Å². The van der Waals surface area contributed by atoms with Gasteiger partial charge in [-0.1, -0.05) is 18.2 Å². The number of fused-ring (bicyclic) bond motifs is 1. The molecule has 1 N–H and O–H groups in total. The number of hydrogen-bond acceptors (Lipinski definition) is 4. The van der Waals surface area contributed by atoms with Crippen molar-refractivity contribution in [3.05, 3.63) is 59.8 Å². The van der Waals surface area contributed by atoms with E-state index in [0.29, 0.717) is 22.8 Å². The van der Waals surface area contributed by atoms with E-state index in [1.807, 2.05) is 30.5 Å². The van der Waals surface area contributed by atoms with E-state index < -0.39 is 0 Å². The maximum absolute atomic E-state index is 12.5. The lowest BCUT2D eigenvalue weighted by atomic mass is 10.1.